The highest BCUT2D eigenvalue weighted by atomic mass is 79.9. The van der Waals surface area contributed by atoms with E-state index < -0.39 is 22.4 Å². The van der Waals surface area contributed by atoms with Gasteiger partial charge in [0.2, 0.25) is 0 Å². The summed E-state index contributed by atoms with van der Waals surface area (Å²) in [6.45, 7) is 0.282. The van der Waals surface area contributed by atoms with Crippen molar-refractivity contribution in [1.82, 2.24) is 0 Å². The van der Waals surface area contributed by atoms with Crippen molar-refractivity contribution in [2.45, 2.75) is 12.7 Å². The van der Waals surface area contributed by atoms with Crippen molar-refractivity contribution in [2.24, 2.45) is 0 Å². The highest BCUT2D eigenvalue weighted by molar-refractivity contribution is 9.10. The van der Waals surface area contributed by atoms with Crippen LogP contribution in [0.25, 0.3) is 0 Å². The summed E-state index contributed by atoms with van der Waals surface area (Å²) >= 11 is 4.74. The van der Waals surface area contributed by atoms with Gasteiger partial charge in [-0.2, -0.15) is 13.2 Å². The molecule has 0 saturated carbocycles. The second-order valence-corrected chi connectivity index (χ2v) is 5.89. The third-order valence-corrected chi connectivity index (χ3v) is 4.58. The van der Waals surface area contributed by atoms with Crippen LogP contribution in [0.15, 0.2) is 34.1 Å². The van der Waals surface area contributed by atoms with Gasteiger partial charge in [0, 0.05) is 15.4 Å². The minimum atomic E-state index is -4.61. The molecule has 0 saturated heterocycles. The fourth-order valence-corrected chi connectivity index (χ4v) is 3.07. The largest absolute Gasteiger partial charge is 0.416 e. The first-order chi connectivity index (χ1) is 9.79. The van der Waals surface area contributed by atoms with E-state index in [0.717, 1.165) is 21.5 Å². The molecule has 112 valence electrons. The molecule has 2 aromatic rings. The van der Waals surface area contributed by atoms with Crippen LogP contribution in [0.4, 0.5) is 24.5 Å². The Hall–Kier alpha value is -1.61. The van der Waals surface area contributed by atoms with Crippen molar-refractivity contribution in [3.8, 4) is 0 Å². The van der Waals surface area contributed by atoms with E-state index >= 15 is 0 Å². The summed E-state index contributed by atoms with van der Waals surface area (Å²) < 4.78 is 38.6. The summed E-state index contributed by atoms with van der Waals surface area (Å²) in [6.07, 6.45) is -4.61. The number of halogens is 4. The van der Waals surface area contributed by atoms with Crippen molar-refractivity contribution in [2.75, 3.05) is 5.32 Å². The zero-order chi connectivity index (χ0) is 15.6. The van der Waals surface area contributed by atoms with Gasteiger partial charge in [-0.15, -0.1) is 11.3 Å². The molecule has 1 aromatic heterocycles. The molecular weight excluding hydrogens is 373 g/mol. The Morgan fingerprint density at radius 3 is 2.57 bits per heavy atom. The normalized spacial score (nSPS) is 11.4. The lowest BCUT2D eigenvalue weighted by Crippen LogP contribution is -2.08. The van der Waals surface area contributed by atoms with Crippen molar-refractivity contribution in [3.05, 3.63) is 54.7 Å². The number of alkyl halides is 3. The Morgan fingerprint density at radius 1 is 1.33 bits per heavy atom. The molecule has 0 spiro atoms. The number of hydrogen-bond acceptors (Lipinski definition) is 4. The second-order valence-electron chi connectivity index (χ2n) is 4.03. The first-order valence-corrected chi connectivity index (χ1v) is 7.27. The minimum Gasteiger partial charge on any atom is -0.375 e. The van der Waals surface area contributed by atoms with Crippen LogP contribution in [0.2, 0.25) is 0 Å². The van der Waals surface area contributed by atoms with E-state index in [2.05, 4.69) is 21.2 Å². The number of rotatable bonds is 4. The van der Waals surface area contributed by atoms with Gasteiger partial charge in [-0.05, 0) is 39.5 Å². The van der Waals surface area contributed by atoms with Crippen molar-refractivity contribution >= 4 is 38.6 Å². The van der Waals surface area contributed by atoms with Gasteiger partial charge in [-0.1, -0.05) is 0 Å². The third-order valence-electron chi connectivity index (χ3n) is 2.65. The van der Waals surface area contributed by atoms with E-state index in [1.54, 1.807) is 0 Å². The van der Waals surface area contributed by atoms with Crippen LogP contribution in [0.3, 0.4) is 0 Å². The minimum absolute atomic E-state index is 0.0494. The van der Waals surface area contributed by atoms with Crippen LogP contribution in [0.1, 0.15) is 10.4 Å². The first-order valence-electron chi connectivity index (χ1n) is 5.60. The number of nitro benzene ring substituents is 1. The molecular formula is C12H8BrF3N2O2S. The molecule has 4 nitrogen and oxygen atoms in total. The van der Waals surface area contributed by atoms with Crippen LogP contribution in [-0.2, 0) is 12.7 Å². The predicted octanol–water partition coefficient (Wildman–Crippen LogP) is 5.05. The Balaban J connectivity index is 2.27. The highest BCUT2D eigenvalue weighted by Crippen LogP contribution is 2.35. The molecule has 1 aromatic carbocycles. The fraction of sp³-hybridized carbons (Fsp3) is 0.167. The van der Waals surface area contributed by atoms with E-state index in [0.29, 0.717) is 6.07 Å². The van der Waals surface area contributed by atoms with Crippen LogP contribution in [0.5, 0.6) is 0 Å². The smallest absolute Gasteiger partial charge is 0.375 e. The van der Waals surface area contributed by atoms with Gasteiger partial charge < -0.3 is 5.32 Å². The van der Waals surface area contributed by atoms with Gasteiger partial charge in [0.15, 0.2) is 0 Å². The van der Waals surface area contributed by atoms with Crippen LogP contribution in [0, 0.1) is 10.1 Å². The molecule has 9 heteroatoms. The summed E-state index contributed by atoms with van der Waals surface area (Å²) in [4.78, 5) is 11.0. The number of nitrogens with one attached hydrogen (secondary N) is 1. The Morgan fingerprint density at radius 2 is 2.05 bits per heavy atom. The SMILES string of the molecule is O=[N+]([O-])c1cc(C(F)(F)F)ccc1NCc1sccc1Br. The van der Waals surface area contributed by atoms with E-state index in [4.69, 9.17) is 0 Å². The average Bonchev–Trinajstić information content (AvgIpc) is 2.80. The standard InChI is InChI=1S/C12H8BrF3N2O2S/c13-8-3-4-21-11(8)6-17-9-2-1-7(12(14,15)16)5-10(9)18(19)20/h1-5,17H,6H2. The number of hydrogen-bond donors (Lipinski definition) is 1. The molecule has 0 unspecified atom stereocenters. The maximum Gasteiger partial charge on any atom is 0.416 e. The lowest BCUT2D eigenvalue weighted by atomic mass is 10.1. The van der Waals surface area contributed by atoms with E-state index in [1.165, 1.54) is 11.3 Å². The fourth-order valence-electron chi connectivity index (χ4n) is 1.64. The molecule has 0 aliphatic rings. The first kappa shape index (κ1) is 15.8. The second kappa shape index (κ2) is 6.02. The highest BCUT2D eigenvalue weighted by Gasteiger charge is 2.33. The van der Waals surface area contributed by atoms with Crippen molar-refractivity contribution in [1.29, 1.82) is 0 Å². The monoisotopic (exact) mass is 380 g/mol. The summed E-state index contributed by atoms with van der Waals surface area (Å²) in [5.74, 6) is 0. The molecule has 0 fully saturated rings. The maximum absolute atomic E-state index is 12.6. The van der Waals surface area contributed by atoms with E-state index in [-0.39, 0.29) is 12.2 Å². The van der Waals surface area contributed by atoms with Crippen molar-refractivity contribution in [3.63, 3.8) is 0 Å². The number of anilines is 1. The molecule has 0 aliphatic heterocycles. The molecule has 1 N–H and O–H groups in total. The molecule has 2 rings (SSSR count). The lowest BCUT2D eigenvalue weighted by Gasteiger charge is -2.10. The van der Waals surface area contributed by atoms with Gasteiger partial charge in [0.25, 0.3) is 5.69 Å². The van der Waals surface area contributed by atoms with E-state index in [1.807, 2.05) is 11.4 Å². The van der Waals surface area contributed by atoms with Crippen LogP contribution < -0.4 is 5.32 Å². The Bertz CT molecular complexity index is 673. The maximum atomic E-state index is 12.6. The van der Waals surface area contributed by atoms with Gasteiger partial charge in [-0.25, -0.2) is 0 Å². The van der Waals surface area contributed by atoms with Crippen LogP contribution >= 0.6 is 27.3 Å². The van der Waals surface area contributed by atoms with Crippen LogP contribution in [-0.4, -0.2) is 4.92 Å². The quantitative estimate of drug-likeness (QED) is 0.596. The van der Waals surface area contributed by atoms with Gasteiger partial charge >= 0.3 is 6.18 Å². The number of thiophene rings is 1. The van der Waals surface area contributed by atoms with Gasteiger partial charge in [0.05, 0.1) is 17.0 Å². The molecule has 0 radical (unpaired) electrons. The molecule has 0 atom stereocenters. The molecule has 0 amide bonds. The third kappa shape index (κ3) is 3.73. The van der Waals surface area contributed by atoms with E-state index in [9.17, 15) is 23.3 Å². The molecule has 1 heterocycles. The Kier molecular flexibility index (Phi) is 4.52. The summed E-state index contributed by atoms with van der Waals surface area (Å²) in [5, 5.41) is 15.5. The molecule has 0 bridgehead atoms. The van der Waals surface area contributed by atoms with Gasteiger partial charge in [-0.3, -0.25) is 10.1 Å². The topological polar surface area (TPSA) is 55.2 Å². The molecule has 21 heavy (non-hydrogen) atoms. The average molecular weight is 381 g/mol. The van der Waals surface area contributed by atoms with Crippen molar-refractivity contribution < 1.29 is 18.1 Å². The molecule has 0 aliphatic carbocycles. The van der Waals surface area contributed by atoms with Gasteiger partial charge in [0.1, 0.15) is 5.69 Å². The zero-order valence-electron chi connectivity index (χ0n) is 10.3. The predicted molar refractivity (Wildman–Crippen MR) is 77.4 cm³/mol. The number of nitrogens with zero attached hydrogens (tertiary/aromatic N) is 1. The number of benzene rings is 1. The summed E-state index contributed by atoms with van der Waals surface area (Å²) in [6, 6.07) is 4.25. The summed E-state index contributed by atoms with van der Waals surface area (Å²) in [7, 11) is 0. The zero-order valence-corrected chi connectivity index (χ0v) is 12.7. The lowest BCUT2D eigenvalue weighted by molar-refractivity contribution is -0.384. The Labute approximate surface area is 129 Å². The summed E-state index contributed by atoms with van der Waals surface area (Å²) in [5.41, 5.74) is -1.59. The number of nitro groups is 1.